The highest BCUT2D eigenvalue weighted by Gasteiger charge is 2.11. The number of anilines is 6. The van der Waals surface area contributed by atoms with Gasteiger partial charge in [-0.05, 0) is 85.3 Å². The molecule has 0 radical (unpaired) electrons. The number of hydrogen-bond donors (Lipinski definition) is 7. The average molecular weight is 648 g/mol. The normalized spacial score (nSPS) is 10.3. The monoisotopic (exact) mass is 647 g/mol. The van der Waals surface area contributed by atoms with Gasteiger partial charge in [0.1, 0.15) is 17.4 Å². The molecule has 0 saturated heterocycles. The summed E-state index contributed by atoms with van der Waals surface area (Å²) >= 11 is 6.34. The van der Waals surface area contributed by atoms with Gasteiger partial charge < -0.3 is 32.2 Å². The van der Waals surface area contributed by atoms with E-state index in [2.05, 4.69) is 16.0 Å². The molecule has 0 aliphatic heterocycles. The van der Waals surface area contributed by atoms with Gasteiger partial charge >= 0.3 is 0 Å². The van der Waals surface area contributed by atoms with Crippen LogP contribution < -0.4 is 32.2 Å². The second kappa shape index (κ2) is 15.4. The van der Waals surface area contributed by atoms with E-state index >= 15 is 0 Å². The first-order valence-electron chi connectivity index (χ1n) is 12.9. The number of hydrogen-bond acceptors (Lipinski definition) is 10. The third-order valence-corrected chi connectivity index (χ3v) is 10.5. The lowest BCUT2D eigenvalue weighted by molar-refractivity contribution is 0.415. The molecule has 0 atom stereocenters. The van der Waals surface area contributed by atoms with Crippen LogP contribution in [0.5, 0.6) is 5.75 Å². The van der Waals surface area contributed by atoms with E-state index in [-0.39, 0.29) is 11.7 Å². The summed E-state index contributed by atoms with van der Waals surface area (Å²) in [5.41, 5.74) is 17.1. The van der Waals surface area contributed by atoms with Crippen molar-refractivity contribution in [3.63, 3.8) is 0 Å². The van der Waals surface area contributed by atoms with Gasteiger partial charge in [0.15, 0.2) is 0 Å². The van der Waals surface area contributed by atoms with E-state index in [4.69, 9.17) is 27.0 Å². The number of benzene rings is 3. The van der Waals surface area contributed by atoms with Crippen LogP contribution in [0.4, 0.5) is 34.1 Å². The van der Waals surface area contributed by atoms with Gasteiger partial charge in [-0.25, -0.2) is 0 Å². The molecule has 0 aliphatic carbocycles. The van der Waals surface area contributed by atoms with Gasteiger partial charge in [-0.1, -0.05) is 18.2 Å². The van der Waals surface area contributed by atoms with Crippen LogP contribution in [0.1, 0.15) is 9.75 Å². The molecule has 222 valence electrons. The van der Waals surface area contributed by atoms with Gasteiger partial charge in [-0.15, -0.1) is 46.2 Å². The molecule has 0 amide bonds. The van der Waals surface area contributed by atoms with E-state index in [9.17, 15) is 0 Å². The molecule has 43 heavy (non-hydrogen) atoms. The zero-order chi connectivity index (χ0) is 30.8. The van der Waals surface area contributed by atoms with Crippen LogP contribution in [0.25, 0.3) is 0 Å². The fourth-order valence-corrected chi connectivity index (χ4v) is 7.08. The lowest BCUT2D eigenvalue weighted by Gasteiger charge is -2.09. The summed E-state index contributed by atoms with van der Waals surface area (Å²) in [7, 11) is 1.65. The molecule has 0 fully saturated rings. The standard InChI is InChI=1S/C18H18N4S2.C13H15N3OS2/c1-23-18-15(11-16(24-18)17(19)20)22-14-9-7-13(8-10-14)21-12-5-3-2-4-6-12;1-17-9-5-3-8(4-6-9)16-10-7-11(12(14)15)19-13(10)18-2/h2-11,21-22H,1H3,(H3,19,20);3-7,16H,1-2H3,(H3,14,15). The number of methoxy groups -OCH3 is 1. The Hall–Kier alpha value is -4.10. The Morgan fingerprint density at radius 1 is 0.628 bits per heavy atom. The minimum Gasteiger partial charge on any atom is -0.497 e. The Morgan fingerprint density at radius 2 is 1.02 bits per heavy atom. The molecule has 0 unspecified atom stereocenters. The molecule has 0 spiro atoms. The number of amidine groups is 2. The SMILES string of the molecule is COc1ccc(Nc2cc(C(=N)N)sc2SC)cc1.CSc1sc(C(=N)N)cc1Nc1ccc(Nc2ccccc2)cc1. The molecule has 0 aliphatic rings. The van der Waals surface area contributed by atoms with Crippen LogP contribution in [-0.4, -0.2) is 31.3 Å². The van der Waals surface area contributed by atoms with E-state index in [0.717, 1.165) is 58.0 Å². The van der Waals surface area contributed by atoms with Crippen molar-refractivity contribution in [2.45, 2.75) is 8.42 Å². The number of para-hydroxylation sites is 1. The van der Waals surface area contributed by atoms with Gasteiger partial charge in [0.2, 0.25) is 0 Å². The Bertz CT molecular complexity index is 1650. The molecule has 12 heteroatoms. The fourth-order valence-electron chi connectivity index (χ4n) is 3.80. The molecule has 9 N–H and O–H groups in total. The fraction of sp³-hybridized carbons (Fsp3) is 0.0968. The summed E-state index contributed by atoms with van der Waals surface area (Å²) in [4.78, 5) is 1.56. The van der Waals surface area contributed by atoms with E-state index in [0.29, 0.717) is 0 Å². The first-order valence-corrected chi connectivity index (χ1v) is 17.0. The zero-order valence-corrected chi connectivity index (χ0v) is 27.1. The minimum atomic E-state index is 0.100. The predicted molar refractivity (Wildman–Crippen MR) is 190 cm³/mol. The summed E-state index contributed by atoms with van der Waals surface area (Å²) in [5.74, 6) is 1.03. The maximum atomic E-state index is 7.58. The average Bonchev–Trinajstić information content (AvgIpc) is 3.63. The maximum absolute atomic E-state index is 7.58. The number of nitrogens with two attached hydrogens (primary N) is 2. The largest absolute Gasteiger partial charge is 0.497 e. The number of nitrogens with one attached hydrogen (secondary N) is 5. The summed E-state index contributed by atoms with van der Waals surface area (Å²) < 4.78 is 7.35. The molecule has 5 aromatic rings. The lowest BCUT2D eigenvalue weighted by atomic mass is 10.2. The van der Waals surface area contributed by atoms with Crippen LogP contribution in [0.15, 0.2) is 99.4 Å². The van der Waals surface area contributed by atoms with E-state index in [1.807, 2.05) is 104 Å². The molecule has 2 heterocycles. The van der Waals surface area contributed by atoms with E-state index in [1.54, 1.807) is 30.6 Å². The highest BCUT2D eigenvalue weighted by atomic mass is 32.2. The van der Waals surface area contributed by atoms with Crippen molar-refractivity contribution in [2.75, 3.05) is 35.6 Å². The molecule has 5 rings (SSSR count). The smallest absolute Gasteiger partial charge is 0.133 e. The number of thioether (sulfide) groups is 2. The first-order chi connectivity index (χ1) is 20.8. The lowest BCUT2D eigenvalue weighted by Crippen LogP contribution is -2.08. The molecular formula is C31H33N7OS4. The number of nitrogen functional groups attached to an aromatic ring is 2. The van der Waals surface area contributed by atoms with Crippen LogP contribution in [0.3, 0.4) is 0 Å². The van der Waals surface area contributed by atoms with Crippen LogP contribution in [-0.2, 0) is 0 Å². The van der Waals surface area contributed by atoms with Crippen LogP contribution in [0.2, 0.25) is 0 Å². The van der Waals surface area contributed by atoms with Crippen molar-refractivity contribution in [3.05, 3.63) is 101 Å². The maximum Gasteiger partial charge on any atom is 0.133 e. The van der Waals surface area contributed by atoms with E-state index in [1.165, 1.54) is 22.7 Å². The van der Waals surface area contributed by atoms with Crippen molar-refractivity contribution in [2.24, 2.45) is 11.5 Å². The van der Waals surface area contributed by atoms with Crippen LogP contribution >= 0.6 is 46.2 Å². The molecule has 3 aromatic carbocycles. The molecular weight excluding hydrogens is 615 g/mol. The number of ether oxygens (including phenoxy) is 1. The Labute approximate surface area is 268 Å². The number of rotatable bonds is 11. The Balaban J connectivity index is 0.000000203. The number of thiophene rings is 2. The molecule has 0 bridgehead atoms. The van der Waals surface area contributed by atoms with Crippen molar-refractivity contribution >= 4 is 92.0 Å². The summed E-state index contributed by atoms with van der Waals surface area (Å²) in [6, 6.07) is 29.7. The Kier molecular flexibility index (Phi) is 11.4. The molecule has 2 aromatic heterocycles. The second-order valence-corrected chi connectivity index (χ2v) is 13.2. The highest BCUT2D eigenvalue weighted by Crippen LogP contribution is 2.37. The zero-order valence-electron chi connectivity index (χ0n) is 23.9. The van der Waals surface area contributed by atoms with E-state index < -0.39 is 0 Å². The first kappa shape index (κ1) is 31.8. The topological polar surface area (TPSA) is 145 Å². The summed E-state index contributed by atoms with van der Waals surface area (Å²) in [5, 5.41) is 25.2. The molecule has 8 nitrogen and oxygen atoms in total. The van der Waals surface area contributed by atoms with Crippen molar-refractivity contribution < 1.29 is 4.74 Å². The summed E-state index contributed by atoms with van der Waals surface area (Å²) in [6.07, 6.45) is 4.03. The quantitative estimate of drug-likeness (QED) is 0.0428. The third kappa shape index (κ3) is 8.94. The third-order valence-electron chi connectivity index (χ3n) is 5.89. The predicted octanol–water partition coefficient (Wildman–Crippen LogP) is 8.75. The van der Waals surface area contributed by atoms with Crippen LogP contribution in [0, 0.1) is 10.8 Å². The second-order valence-electron chi connectivity index (χ2n) is 8.91. The highest BCUT2D eigenvalue weighted by molar-refractivity contribution is 8.00. The van der Waals surface area contributed by atoms with Gasteiger partial charge in [0, 0.05) is 22.7 Å². The van der Waals surface area contributed by atoms with Crippen molar-refractivity contribution in [1.29, 1.82) is 10.8 Å². The van der Waals surface area contributed by atoms with Crippen molar-refractivity contribution in [1.82, 2.24) is 0 Å². The van der Waals surface area contributed by atoms with Gasteiger partial charge in [-0.2, -0.15) is 0 Å². The van der Waals surface area contributed by atoms with Gasteiger partial charge in [-0.3, -0.25) is 10.8 Å². The van der Waals surface area contributed by atoms with Gasteiger partial charge in [0.25, 0.3) is 0 Å². The van der Waals surface area contributed by atoms with Crippen molar-refractivity contribution in [3.8, 4) is 5.75 Å². The minimum absolute atomic E-state index is 0.100. The Morgan fingerprint density at radius 3 is 1.42 bits per heavy atom. The molecule has 0 saturated carbocycles. The summed E-state index contributed by atoms with van der Waals surface area (Å²) in [6.45, 7) is 0. The van der Waals surface area contributed by atoms with Gasteiger partial charge in [0.05, 0.1) is 36.7 Å².